The van der Waals surface area contributed by atoms with E-state index in [1.54, 1.807) is 61.5 Å². The third-order valence-corrected chi connectivity index (χ3v) is 5.42. The number of methoxy groups -OCH3 is 3. The van der Waals surface area contributed by atoms with Gasteiger partial charge in [0.25, 0.3) is 0 Å². The fraction of sp³-hybridized carbons (Fsp3) is 0.148. The highest BCUT2D eigenvalue weighted by molar-refractivity contribution is 6.15. The quantitative estimate of drug-likeness (QED) is 0.290. The second kappa shape index (κ2) is 9.72. The largest absolute Gasteiger partial charge is 0.496 e. The smallest absolute Gasteiger partial charge is 0.351 e. The first-order valence-electron chi connectivity index (χ1n) is 10.6. The molecular weight excluding hydrogens is 452 g/mol. The van der Waals surface area contributed by atoms with E-state index < -0.39 is 11.9 Å². The van der Waals surface area contributed by atoms with Crippen molar-refractivity contribution in [2.24, 2.45) is 0 Å². The first kappa shape index (κ1) is 23.6. The Morgan fingerprint density at radius 1 is 0.886 bits per heavy atom. The lowest BCUT2D eigenvalue weighted by atomic mass is 10.0. The Bertz CT molecular complexity index is 1330. The average molecular weight is 474 g/mol. The number of ether oxygens (including phenoxy) is 5. The van der Waals surface area contributed by atoms with Gasteiger partial charge in [0.05, 0.1) is 32.5 Å². The molecule has 1 heterocycles. The van der Waals surface area contributed by atoms with E-state index in [1.807, 2.05) is 0 Å². The van der Waals surface area contributed by atoms with Crippen LogP contribution in [0.15, 0.2) is 60.4 Å². The number of hydrogen-bond acceptors (Lipinski definition) is 8. The van der Waals surface area contributed by atoms with Crippen LogP contribution in [0.5, 0.6) is 23.0 Å². The molecule has 1 aliphatic heterocycles. The van der Waals surface area contributed by atoms with Gasteiger partial charge in [-0.05, 0) is 54.5 Å². The molecule has 178 valence electrons. The van der Waals surface area contributed by atoms with E-state index in [4.69, 9.17) is 23.7 Å². The van der Waals surface area contributed by atoms with Crippen LogP contribution in [0.1, 0.15) is 42.2 Å². The van der Waals surface area contributed by atoms with Gasteiger partial charge in [-0.2, -0.15) is 0 Å². The van der Waals surface area contributed by atoms with Gasteiger partial charge in [0, 0.05) is 6.07 Å². The van der Waals surface area contributed by atoms with Crippen molar-refractivity contribution in [3.8, 4) is 23.0 Å². The highest BCUT2D eigenvalue weighted by Gasteiger charge is 2.31. The summed E-state index contributed by atoms with van der Waals surface area (Å²) in [5.41, 5.74) is 2.18. The molecule has 0 N–H and O–H groups in total. The van der Waals surface area contributed by atoms with Crippen LogP contribution in [0, 0.1) is 6.92 Å². The zero-order valence-electron chi connectivity index (χ0n) is 19.5. The molecule has 0 radical (unpaired) electrons. The van der Waals surface area contributed by atoms with Crippen LogP contribution in [-0.4, -0.2) is 39.1 Å². The Morgan fingerprint density at radius 2 is 1.54 bits per heavy atom. The van der Waals surface area contributed by atoms with Crippen molar-refractivity contribution in [1.82, 2.24) is 0 Å². The van der Waals surface area contributed by atoms with Gasteiger partial charge in [0.1, 0.15) is 28.6 Å². The third-order valence-electron chi connectivity index (χ3n) is 5.42. The van der Waals surface area contributed by atoms with Gasteiger partial charge in [0.2, 0.25) is 5.78 Å². The van der Waals surface area contributed by atoms with Crippen LogP contribution in [-0.2, 0) is 4.74 Å². The molecule has 0 unspecified atom stereocenters. The van der Waals surface area contributed by atoms with Gasteiger partial charge < -0.3 is 23.7 Å². The molecule has 1 aliphatic rings. The predicted molar refractivity (Wildman–Crippen MR) is 126 cm³/mol. The van der Waals surface area contributed by atoms with Crippen LogP contribution in [0.4, 0.5) is 0 Å². The molecule has 8 heteroatoms. The van der Waals surface area contributed by atoms with E-state index in [2.05, 4.69) is 0 Å². The highest BCUT2D eigenvalue weighted by atomic mass is 16.5. The Balaban J connectivity index is 1.60. The molecule has 0 aromatic heterocycles. The summed E-state index contributed by atoms with van der Waals surface area (Å²) in [6.07, 6.45) is 1.58. The topological polar surface area (TPSA) is 97.4 Å². The Hall–Kier alpha value is -4.59. The Morgan fingerprint density at radius 3 is 2.14 bits per heavy atom. The fourth-order valence-corrected chi connectivity index (χ4v) is 3.73. The maximum Gasteiger partial charge on any atom is 0.351 e. The van der Waals surface area contributed by atoms with E-state index in [0.29, 0.717) is 33.8 Å². The van der Waals surface area contributed by atoms with Gasteiger partial charge in [-0.25, -0.2) is 9.59 Å². The summed E-state index contributed by atoms with van der Waals surface area (Å²) in [7, 11) is 4.20. The zero-order chi connectivity index (χ0) is 25.1. The van der Waals surface area contributed by atoms with Crippen LogP contribution in [0.25, 0.3) is 6.08 Å². The van der Waals surface area contributed by atoms with Crippen molar-refractivity contribution in [2.45, 2.75) is 6.92 Å². The molecule has 35 heavy (non-hydrogen) atoms. The molecule has 0 aliphatic carbocycles. The molecule has 0 saturated heterocycles. The fourth-order valence-electron chi connectivity index (χ4n) is 3.73. The summed E-state index contributed by atoms with van der Waals surface area (Å²) in [5.74, 6) is -0.206. The number of hydrogen-bond donors (Lipinski definition) is 0. The molecule has 0 saturated carbocycles. The molecule has 0 fully saturated rings. The summed E-state index contributed by atoms with van der Waals surface area (Å²) in [6.45, 7) is 1.73. The number of allylic oxidation sites excluding steroid dienone is 1. The molecule has 0 amide bonds. The average Bonchev–Trinajstić information content (AvgIpc) is 3.18. The SMILES string of the molecule is COC(=O)c1ccc(/C=C2\Oc3cc(OC(=O)c4c(OC)cccc4OC)cc(C)c3C2=O)cc1. The number of aryl methyl sites for hydroxylation is 1. The van der Waals surface area contributed by atoms with Crippen molar-refractivity contribution < 1.29 is 38.1 Å². The number of carbonyl (C=O) groups is 3. The molecule has 8 nitrogen and oxygen atoms in total. The standard InChI is InChI=1S/C27H22O8/c1-15-12-18(34-27(30)24-19(31-2)6-5-7-20(24)32-3)14-21-23(15)25(28)22(35-21)13-16-8-10-17(11-9-16)26(29)33-4/h5-14H,1-4H3/b22-13-. The third kappa shape index (κ3) is 4.59. The van der Waals surface area contributed by atoms with Crippen LogP contribution in [0.3, 0.4) is 0 Å². The van der Waals surface area contributed by atoms with Crippen molar-refractivity contribution in [3.05, 3.63) is 88.2 Å². The van der Waals surface area contributed by atoms with Gasteiger partial charge >= 0.3 is 11.9 Å². The van der Waals surface area contributed by atoms with Gasteiger partial charge in [-0.15, -0.1) is 0 Å². The van der Waals surface area contributed by atoms with E-state index in [9.17, 15) is 14.4 Å². The van der Waals surface area contributed by atoms with Crippen LogP contribution >= 0.6 is 0 Å². The molecular formula is C27H22O8. The minimum absolute atomic E-state index is 0.115. The minimum Gasteiger partial charge on any atom is -0.496 e. The molecule has 3 aromatic carbocycles. The van der Waals surface area contributed by atoms with Gasteiger partial charge in [0.15, 0.2) is 5.76 Å². The van der Waals surface area contributed by atoms with Crippen molar-refractivity contribution in [3.63, 3.8) is 0 Å². The van der Waals surface area contributed by atoms with Gasteiger partial charge in [-0.3, -0.25) is 4.79 Å². The maximum atomic E-state index is 13.0. The van der Waals surface area contributed by atoms with E-state index in [0.717, 1.165) is 0 Å². The number of rotatable bonds is 6. The number of Topliss-reactive ketones (excluding diaryl/α,β-unsaturated/α-hetero) is 1. The maximum absolute atomic E-state index is 13.0. The first-order chi connectivity index (χ1) is 16.9. The lowest BCUT2D eigenvalue weighted by Crippen LogP contribution is -2.12. The van der Waals surface area contributed by atoms with Crippen LogP contribution < -0.4 is 18.9 Å². The van der Waals surface area contributed by atoms with Gasteiger partial charge in [-0.1, -0.05) is 18.2 Å². The van der Waals surface area contributed by atoms with E-state index >= 15 is 0 Å². The molecule has 3 aromatic rings. The first-order valence-corrected chi connectivity index (χ1v) is 10.6. The summed E-state index contributed by atoms with van der Waals surface area (Å²) < 4.78 is 26.6. The lowest BCUT2D eigenvalue weighted by molar-refractivity contribution is 0.0600. The summed E-state index contributed by atoms with van der Waals surface area (Å²) in [5, 5.41) is 0. The monoisotopic (exact) mass is 474 g/mol. The van der Waals surface area contributed by atoms with E-state index in [1.165, 1.54) is 27.4 Å². The number of benzene rings is 3. The lowest BCUT2D eigenvalue weighted by Gasteiger charge is -2.13. The predicted octanol–water partition coefficient (Wildman–Crippen LogP) is 4.63. The number of carbonyl (C=O) groups excluding carboxylic acids is 3. The molecule has 0 spiro atoms. The number of fused-ring (bicyclic) bond motifs is 1. The Kier molecular flexibility index (Phi) is 6.55. The number of esters is 2. The zero-order valence-corrected chi connectivity index (χ0v) is 19.5. The molecule has 0 atom stereocenters. The van der Waals surface area contributed by atoms with Crippen molar-refractivity contribution in [2.75, 3.05) is 21.3 Å². The van der Waals surface area contributed by atoms with Crippen molar-refractivity contribution >= 4 is 23.8 Å². The molecule has 0 bridgehead atoms. The van der Waals surface area contributed by atoms with Crippen molar-refractivity contribution in [1.29, 1.82) is 0 Å². The summed E-state index contributed by atoms with van der Waals surface area (Å²) in [6, 6.07) is 14.6. The summed E-state index contributed by atoms with van der Waals surface area (Å²) in [4.78, 5) is 37.5. The Labute approximate surface area is 201 Å². The van der Waals surface area contributed by atoms with Crippen LogP contribution in [0.2, 0.25) is 0 Å². The van der Waals surface area contributed by atoms with E-state index in [-0.39, 0.29) is 28.6 Å². The minimum atomic E-state index is -0.676. The second-order valence-electron chi connectivity index (χ2n) is 7.59. The highest BCUT2D eigenvalue weighted by Crippen LogP contribution is 2.38. The molecule has 4 rings (SSSR count). The number of ketones is 1. The second-order valence-corrected chi connectivity index (χ2v) is 7.59. The summed E-state index contributed by atoms with van der Waals surface area (Å²) >= 11 is 0. The normalized spacial score (nSPS) is 13.1.